The van der Waals surface area contributed by atoms with Crippen LogP contribution >= 0.6 is 0 Å². The van der Waals surface area contributed by atoms with Crippen molar-refractivity contribution in [2.24, 2.45) is 10.9 Å². The first-order valence-corrected chi connectivity index (χ1v) is 7.86. The van der Waals surface area contributed by atoms with E-state index in [1.807, 2.05) is 60.7 Å². The van der Waals surface area contributed by atoms with Crippen LogP contribution in [0.5, 0.6) is 0 Å². The van der Waals surface area contributed by atoms with Crippen molar-refractivity contribution in [2.45, 2.75) is 13.0 Å². The van der Waals surface area contributed by atoms with E-state index in [1.54, 1.807) is 6.92 Å². The zero-order chi connectivity index (χ0) is 16.9. The lowest BCUT2D eigenvalue weighted by Crippen LogP contribution is -2.47. The predicted octanol–water partition coefficient (Wildman–Crippen LogP) is 2.48. The van der Waals surface area contributed by atoms with Crippen molar-refractivity contribution in [3.63, 3.8) is 0 Å². The molecule has 0 bridgehead atoms. The average molecular weight is 322 g/mol. The monoisotopic (exact) mass is 322 g/mol. The molecule has 1 aliphatic heterocycles. The second-order valence-electron chi connectivity index (χ2n) is 5.42. The number of carbonyl (C=O) groups excluding carboxylic acids is 2. The van der Waals surface area contributed by atoms with Crippen LogP contribution in [-0.2, 0) is 14.3 Å². The molecule has 0 unspecified atom stereocenters. The van der Waals surface area contributed by atoms with Gasteiger partial charge in [0.15, 0.2) is 5.92 Å². The van der Waals surface area contributed by atoms with Crippen molar-refractivity contribution in [1.82, 2.24) is 5.32 Å². The molecule has 5 heteroatoms. The molecule has 0 saturated carbocycles. The third-order valence-electron chi connectivity index (χ3n) is 3.84. The van der Waals surface area contributed by atoms with E-state index in [4.69, 9.17) is 4.74 Å². The van der Waals surface area contributed by atoms with Crippen molar-refractivity contribution >= 4 is 17.7 Å². The first-order chi connectivity index (χ1) is 11.7. The summed E-state index contributed by atoms with van der Waals surface area (Å²) in [5, 5.41) is 2.73. The standard InChI is InChI=1S/C19H18N2O3/c1-2-24-19(23)15-16(13-9-5-3-6-10-13)20-17(21-18(15)22)14-11-7-4-8-12-14/h3-12,15-16H,2H2,1H3,(H,20,21,22)/t15-,16+/m1/s1. The van der Waals surface area contributed by atoms with E-state index >= 15 is 0 Å². The van der Waals surface area contributed by atoms with Crippen molar-refractivity contribution in [1.29, 1.82) is 0 Å². The van der Waals surface area contributed by atoms with Crippen LogP contribution in [0.1, 0.15) is 24.1 Å². The van der Waals surface area contributed by atoms with E-state index in [9.17, 15) is 9.59 Å². The summed E-state index contributed by atoms with van der Waals surface area (Å²) in [5.74, 6) is -1.47. The second-order valence-corrected chi connectivity index (χ2v) is 5.42. The maximum absolute atomic E-state index is 12.6. The molecule has 3 rings (SSSR count). The summed E-state index contributed by atoms with van der Waals surface area (Å²) in [6.07, 6.45) is 0. The highest BCUT2D eigenvalue weighted by Gasteiger charge is 2.41. The summed E-state index contributed by atoms with van der Waals surface area (Å²) in [7, 11) is 0. The molecule has 1 aliphatic rings. The SMILES string of the molecule is CCOC(=O)[C@H]1C(=O)NC(c2ccccc2)=N[C@H]1c1ccccc1. The van der Waals surface area contributed by atoms with Gasteiger partial charge in [-0.05, 0) is 12.5 Å². The van der Waals surface area contributed by atoms with Gasteiger partial charge in [0.05, 0.1) is 12.6 Å². The van der Waals surface area contributed by atoms with E-state index in [-0.39, 0.29) is 6.61 Å². The van der Waals surface area contributed by atoms with Gasteiger partial charge in [-0.25, -0.2) is 0 Å². The third kappa shape index (κ3) is 3.20. The van der Waals surface area contributed by atoms with E-state index in [1.165, 1.54) is 0 Å². The smallest absolute Gasteiger partial charge is 0.321 e. The van der Waals surface area contributed by atoms with E-state index in [0.29, 0.717) is 5.84 Å². The largest absolute Gasteiger partial charge is 0.465 e. The van der Waals surface area contributed by atoms with Crippen molar-refractivity contribution < 1.29 is 14.3 Å². The number of ether oxygens (including phenoxy) is 1. The van der Waals surface area contributed by atoms with E-state index in [2.05, 4.69) is 10.3 Å². The number of benzene rings is 2. The minimum absolute atomic E-state index is 0.222. The Kier molecular flexibility index (Phi) is 4.70. The highest BCUT2D eigenvalue weighted by molar-refractivity contribution is 6.14. The normalized spacial score (nSPS) is 20.0. The maximum atomic E-state index is 12.6. The van der Waals surface area contributed by atoms with Gasteiger partial charge in [-0.15, -0.1) is 0 Å². The van der Waals surface area contributed by atoms with Crippen LogP contribution in [0.4, 0.5) is 0 Å². The summed E-state index contributed by atoms with van der Waals surface area (Å²) < 4.78 is 5.08. The van der Waals surface area contributed by atoms with Crippen molar-refractivity contribution in [2.75, 3.05) is 6.61 Å². The average Bonchev–Trinajstić information content (AvgIpc) is 2.62. The van der Waals surface area contributed by atoms with Gasteiger partial charge in [0, 0.05) is 5.56 Å². The molecule has 1 heterocycles. The molecule has 0 aromatic heterocycles. The summed E-state index contributed by atoms with van der Waals surface area (Å²) in [6, 6.07) is 18.1. The lowest BCUT2D eigenvalue weighted by atomic mass is 9.90. The number of hydrogen-bond acceptors (Lipinski definition) is 4. The molecule has 0 radical (unpaired) electrons. The molecule has 1 N–H and O–H groups in total. The molecule has 24 heavy (non-hydrogen) atoms. The Hall–Kier alpha value is -2.95. The zero-order valence-electron chi connectivity index (χ0n) is 13.3. The number of hydrogen-bond donors (Lipinski definition) is 1. The van der Waals surface area contributed by atoms with Crippen molar-refractivity contribution in [3.8, 4) is 0 Å². The van der Waals surface area contributed by atoms with Gasteiger partial charge in [-0.2, -0.15) is 0 Å². The molecule has 0 saturated heterocycles. The molecule has 2 aromatic rings. The third-order valence-corrected chi connectivity index (χ3v) is 3.84. The predicted molar refractivity (Wildman–Crippen MR) is 90.4 cm³/mol. The Bertz CT molecular complexity index is 757. The van der Waals surface area contributed by atoms with Crippen LogP contribution in [0.25, 0.3) is 0 Å². The number of nitrogens with one attached hydrogen (secondary N) is 1. The molecule has 122 valence electrons. The highest BCUT2D eigenvalue weighted by atomic mass is 16.5. The van der Waals surface area contributed by atoms with Gasteiger partial charge in [-0.3, -0.25) is 14.6 Å². The van der Waals surface area contributed by atoms with Gasteiger partial charge in [0.25, 0.3) is 0 Å². The Morgan fingerprint density at radius 1 is 1.08 bits per heavy atom. The van der Waals surface area contributed by atoms with E-state index in [0.717, 1.165) is 11.1 Å². The summed E-state index contributed by atoms with van der Waals surface area (Å²) >= 11 is 0. The fourth-order valence-corrected chi connectivity index (χ4v) is 2.71. The number of amides is 1. The lowest BCUT2D eigenvalue weighted by molar-refractivity contribution is -0.153. The van der Waals surface area contributed by atoms with E-state index < -0.39 is 23.8 Å². The summed E-state index contributed by atoms with van der Waals surface area (Å²) in [6.45, 7) is 1.94. The van der Waals surface area contributed by atoms with Crippen LogP contribution in [0, 0.1) is 5.92 Å². The van der Waals surface area contributed by atoms with Crippen LogP contribution in [0.15, 0.2) is 65.7 Å². The lowest BCUT2D eigenvalue weighted by Gasteiger charge is -2.28. The number of nitrogens with zero attached hydrogens (tertiary/aromatic N) is 1. The fraction of sp³-hybridized carbons (Fsp3) is 0.211. The Balaban J connectivity index is 2.04. The molecule has 2 aromatic carbocycles. The van der Waals surface area contributed by atoms with Gasteiger partial charge >= 0.3 is 5.97 Å². The number of aliphatic imine (C=N–C) groups is 1. The molecule has 5 nitrogen and oxygen atoms in total. The second kappa shape index (κ2) is 7.08. The number of rotatable bonds is 4. The highest BCUT2D eigenvalue weighted by Crippen LogP contribution is 2.31. The molecule has 0 fully saturated rings. The summed E-state index contributed by atoms with van der Waals surface area (Å²) in [5.41, 5.74) is 1.60. The number of carbonyl (C=O) groups is 2. The van der Waals surface area contributed by atoms with Gasteiger partial charge < -0.3 is 10.1 Å². The molecular weight excluding hydrogens is 304 g/mol. The Labute approximate surface area is 140 Å². The first kappa shape index (κ1) is 15.9. The van der Waals surface area contributed by atoms with Gasteiger partial charge in [0.1, 0.15) is 5.84 Å². The molecule has 0 spiro atoms. The van der Waals surface area contributed by atoms with Crippen LogP contribution in [-0.4, -0.2) is 24.3 Å². The number of amidine groups is 1. The van der Waals surface area contributed by atoms with Crippen LogP contribution in [0.2, 0.25) is 0 Å². The maximum Gasteiger partial charge on any atom is 0.321 e. The molecular formula is C19H18N2O3. The minimum Gasteiger partial charge on any atom is -0.465 e. The minimum atomic E-state index is -0.986. The zero-order valence-corrected chi connectivity index (χ0v) is 13.3. The van der Waals surface area contributed by atoms with Crippen LogP contribution < -0.4 is 5.32 Å². The first-order valence-electron chi connectivity index (χ1n) is 7.86. The number of esters is 1. The van der Waals surface area contributed by atoms with Crippen LogP contribution in [0.3, 0.4) is 0 Å². The fourth-order valence-electron chi connectivity index (χ4n) is 2.71. The van der Waals surface area contributed by atoms with Gasteiger partial charge in [-0.1, -0.05) is 60.7 Å². The molecule has 0 aliphatic carbocycles. The quantitative estimate of drug-likeness (QED) is 0.694. The molecule has 2 atom stereocenters. The molecule has 1 amide bonds. The Morgan fingerprint density at radius 3 is 2.33 bits per heavy atom. The van der Waals surface area contributed by atoms with Gasteiger partial charge in [0.2, 0.25) is 5.91 Å². The van der Waals surface area contributed by atoms with Crippen molar-refractivity contribution in [3.05, 3.63) is 71.8 Å². The topological polar surface area (TPSA) is 67.8 Å². The Morgan fingerprint density at radius 2 is 1.71 bits per heavy atom. The summed E-state index contributed by atoms with van der Waals surface area (Å²) in [4.78, 5) is 29.5.